The number of hydrogen-bond acceptors (Lipinski definition) is 5. The molecule has 9 heteroatoms. The summed E-state index contributed by atoms with van der Waals surface area (Å²) in [5.41, 5.74) is 4.80. The lowest BCUT2D eigenvalue weighted by atomic mass is 10.2. The number of amides is 2. The van der Waals surface area contributed by atoms with E-state index in [1.807, 2.05) is 0 Å². The molecule has 0 radical (unpaired) electrons. The van der Waals surface area contributed by atoms with Crippen molar-refractivity contribution in [2.45, 2.75) is 25.9 Å². The third kappa shape index (κ3) is 5.63. The van der Waals surface area contributed by atoms with Gasteiger partial charge in [0.1, 0.15) is 17.4 Å². The lowest BCUT2D eigenvalue weighted by Crippen LogP contribution is -2.47. The van der Waals surface area contributed by atoms with Gasteiger partial charge in [0.2, 0.25) is 5.91 Å². The van der Waals surface area contributed by atoms with Crippen LogP contribution in [-0.2, 0) is 16.0 Å². The molecule has 0 fully saturated rings. The molecule has 2 aromatic carbocycles. The van der Waals surface area contributed by atoms with Gasteiger partial charge >= 0.3 is 0 Å². The zero-order valence-corrected chi connectivity index (χ0v) is 16.0. The smallest absolute Gasteiger partial charge is 0.279 e. The molecule has 2 amide bonds. The van der Waals surface area contributed by atoms with Crippen LogP contribution in [0, 0.1) is 11.6 Å². The molecule has 0 spiro atoms. The van der Waals surface area contributed by atoms with E-state index in [2.05, 4.69) is 15.8 Å². The van der Waals surface area contributed by atoms with E-state index >= 15 is 0 Å². The second-order valence-corrected chi connectivity index (χ2v) is 6.35. The van der Waals surface area contributed by atoms with Gasteiger partial charge in [0.05, 0.1) is 11.8 Å². The molecule has 156 valence electrons. The number of halogens is 2. The van der Waals surface area contributed by atoms with Crippen LogP contribution in [0.25, 0.3) is 11.3 Å². The van der Waals surface area contributed by atoms with E-state index in [-0.39, 0.29) is 30.1 Å². The van der Waals surface area contributed by atoms with Crippen LogP contribution in [0.4, 0.5) is 8.78 Å². The largest absolute Gasteiger partial charge is 0.481 e. The number of rotatable bonds is 7. The van der Waals surface area contributed by atoms with Crippen molar-refractivity contribution in [1.29, 1.82) is 0 Å². The second-order valence-electron chi connectivity index (χ2n) is 6.35. The van der Waals surface area contributed by atoms with Gasteiger partial charge in [0, 0.05) is 12.8 Å². The van der Waals surface area contributed by atoms with Crippen LogP contribution >= 0.6 is 0 Å². The first-order chi connectivity index (χ1) is 14.4. The standard InChI is InChI=1S/C21H19F2N3O4/c1-13(29-15-8-6-14(22)7-9-15)21(28)26-25-19(27)10-11-20-24-12-18(30-20)16-4-2-3-5-17(16)23/h2-9,12-13H,10-11H2,1H3,(H,25,27)(H,26,28). The molecule has 0 aliphatic rings. The molecule has 3 aromatic rings. The van der Waals surface area contributed by atoms with Crippen molar-refractivity contribution in [3.63, 3.8) is 0 Å². The zero-order chi connectivity index (χ0) is 21.5. The first-order valence-electron chi connectivity index (χ1n) is 9.13. The fourth-order valence-electron chi connectivity index (χ4n) is 2.50. The van der Waals surface area contributed by atoms with E-state index in [4.69, 9.17) is 9.15 Å². The fourth-order valence-corrected chi connectivity index (χ4v) is 2.50. The predicted molar refractivity (Wildman–Crippen MR) is 103 cm³/mol. The number of hydrazine groups is 1. The summed E-state index contributed by atoms with van der Waals surface area (Å²) in [6.45, 7) is 1.49. The summed E-state index contributed by atoms with van der Waals surface area (Å²) in [6, 6.07) is 11.3. The lowest BCUT2D eigenvalue weighted by molar-refractivity contribution is -0.132. The zero-order valence-electron chi connectivity index (χ0n) is 16.0. The van der Waals surface area contributed by atoms with Crippen molar-refractivity contribution in [2.24, 2.45) is 0 Å². The van der Waals surface area contributed by atoms with Gasteiger partial charge in [-0.2, -0.15) is 0 Å². The maximum Gasteiger partial charge on any atom is 0.279 e. The van der Waals surface area contributed by atoms with Gasteiger partial charge in [-0.05, 0) is 43.3 Å². The average molecular weight is 415 g/mol. The first-order valence-corrected chi connectivity index (χ1v) is 9.13. The van der Waals surface area contributed by atoms with Crippen molar-refractivity contribution in [3.05, 3.63) is 72.3 Å². The molecule has 1 heterocycles. The highest BCUT2D eigenvalue weighted by Crippen LogP contribution is 2.23. The molecule has 30 heavy (non-hydrogen) atoms. The van der Waals surface area contributed by atoms with E-state index < -0.39 is 29.6 Å². The number of hydrogen-bond donors (Lipinski definition) is 2. The second kappa shape index (κ2) is 9.64. The van der Waals surface area contributed by atoms with E-state index in [1.54, 1.807) is 18.2 Å². The van der Waals surface area contributed by atoms with E-state index in [1.165, 1.54) is 43.5 Å². The lowest BCUT2D eigenvalue weighted by Gasteiger charge is -2.15. The van der Waals surface area contributed by atoms with Gasteiger partial charge in [-0.1, -0.05) is 12.1 Å². The van der Waals surface area contributed by atoms with Gasteiger partial charge in [0.15, 0.2) is 17.8 Å². The van der Waals surface area contributed by atoms with Gasteiger partial charge in [-0.15, -0.1) is 0 Å². The number of carbonyl (C=O) groups is 2. The number of oxazole rings is 1. The summed E-state index contributed by atoms with van der Waals surface area (Å²) in [5.74, 6) is -1.05. The number of nitrogens with zero attached hydrogens (tertiary/aromatic N) is 1. The summed E-state index contributed by atoms with van der Waals surface area (Å²) < 4.78 is 37.5. The van der Waals surface area contributed by atoms with Crippen LogP contribution in [0.1, 0.15) is 19.2 Å². The molecule has 1 unspecified atom stereocenters. The maximum atomic E-state index is 13.8. The van der Waals surface area contributed by atoms with Crippen molar-refractivity contribution < 1.29 is 27.5 Å². The van der Waals surface area contributed by atoms with E-state index in [0.29, 0.717) is 5.75 Å². The molecule has 3 rings (SSSR count). The number of nitrogens with one attached hydrogen (secondary N) is 2. The third-order valence-electron chi connectivity index (χ3n) is 4.08. The minimum atomic E-state index is -0.911. The van der Waals surface area contributed by atoms with Crippen LogP contribution in [0.2, 0.25) is 0 Å². The molecule has 1 aromatic heterocycles. The fraction of sp³-hybridized carbons (Fsp3) is 0.190. The molecular formula is C21H19F2N3O4. The molecule has 1 atom stereocenters. The number of benzene rings is 2. The Labute approximate surface area is 171 Å². The molecule has 0 saturated heterocycles. The SMILES string of the molecule is CC(Oc1ccc(F)cc1)C(=O)NNC(=O)CCc1ncc(-c2ccccc2F)o1. The van der Waals surface area contributed by atoms with E-state index in [0.717, 1.165) is 0 Å². The maximum absolute atomic E-state index is 13.8. The Morgan fingerprint density at radius 2 is 1.83 bits per heavy atom. The molecule has 2 N–H and O–H groups in total. The van der Waals surface area contributed by atoms with Gasteiger partial charge in [-0.25, -0.2) is 13.8 Å². The topological polar surface area (TPSA) is 93.5 Å². The number of ether oxygens (including phenoxy) is 1. The molecule has 0 aliphatic heterocycles. The molecule has 0 bridgehead atoms. The van der Waals surface area contributed by atoms with Crippen LogP contribution in [0.5, 0.6) is 5.75 Å². The molecule has 0 aliphatic carbocycles. The number of aromatic nitrogens is 1. The van der Waals surface area contributed by atoms with E-state index in [9.17, 15) is 18.4 Å². The van der Waals surface area contributed by atoms with Crippen molar-refractivity contribution in [1.82, 2.24) is 15.8 Å². The van der Waals surface area contributed by atoms with Crippen LogP contribution in [0.15, 0.2) is 59.1 Å². The predicted octanol–water partition coefficient (Wildman–Crippen LogP) is 3.17. The van der Waals surface area contributed by atoms with Gasteiger partial charge < -0.3 is 9.15 Å². The minimum Gasteiger partial charge on any atom is -0.481 e. The Bertz CT molecular complexity index is 1020. The summed E-state index contributed by atoms with van der Waals surface area (Å²) in [6.07, 6.45) is 0.635. The van der Waals surface area contributed by atoms with Gasteiger partial charge in [0.25, 0.3) is 5.91 Å². The van der Waals surface area contributed by atoms with Crippen LogP contribution in [-0.4, -0.2) is 22.9 Å². The Hall–Kier alpha value is -3.75. The summed E-state index contributed by atoms with van der Waals surface area (Å²) >= 11 is 0. The highest BCUT2D eigenvalue weighted by atomic mass is 19.1. The van der Waals surface area contributed by atoms with Crippen LogP contribution < -0.4 is 15.6 Å². The normalized spacial score (nSPS) is 11.6. The Morgan fingerprint density at radius 3 is 2.57 bits per heavy atom. The average Bonchev–Trinajstić information content (AvgIpc) is 3.21. The highest BCUT2D eigenvalue weighted by Gasteiger charge is 2.16. The Balaban J connectivity index is 1.43. The summed E-state index contributed by atoms with van der Waals surface area (Å²) in [7, 11) is 0. The number of aryl methyl sites for hydroxylation is 1. The third-order valence-corrected chi connectivity index (χ3v) is 4.08. The van der Waals surface area contributed by atoms with Crippen molar-refractivity contribution >= 4 is 11.8 Å². The quantitative estimate of drug-likeness (QED) is 0.578. The minimum absolute atomic E-state index is 0.00922. The molecular weight excluding hydrogens is 396 g/mol. The highest BCUT2D eigenvalue weighted by molar-refractivity contribution is 5.84. The summed E-state index contributed by atoms with van der Waals surface area (Å²) in [5, 5.41) is 0. The first kappa shape index (κ1) is 21.0. The Morgan fingerprint density at radius 1 is 1.10 bits per heavy atom. The van der Waals surface area contributed by atoms with Crippen molar-refractivity contribution in [2.75, 3.05) is 0 Å². The monoisotopic (exact) mass is 415 g/mol. The number of carbonyl (C=O) groups excluding carboxylic acids is 2. The molecule has 7 nitrogen and oxygen atoms in total. The van der Waals surface area contributed by atoms with Crippen LogP contribution in [0.3, 0.4) is 0 Å². The van der Waals surface area contributed by atoms with Gasteiger partial charge in [-0.3, -0.25) is 20.4 Å². The Kier molecular flexibility index (Phi) is 6.74. The van der Waals surface area contributed by atoms with Crippen molar-refractivity contribution in [3.8, 4) is 17.1 Å². The summed E-state index contributed by atoms with van der Waals surface area (Å²) in [4.78, 5) is 28.0. The molecule has 0 saturated carbocycles.